The number of hydrogen-bond donors (Lipinski definition) is 2. The number of halogens is 1. The van der Waals surface area contributed by atoms with Gasteiger partial charge in [-0.05, 0) is 49.7 Å². The summed E-state index contributed by atoms with van der Waals surface area (Å²) < 4.78 is 0. The van der Waals surface area contributed by atoms with E-state index in [0.717, 1.165) is 48.6 Å². The van der Waals surface area contributed by atoms with Crippen LogP contribution >= 0.6 is 11.6 Å². The van der Waals surface area contributed by atoms with Crippen molar-refractivity contribution in [3.8, 4) is 5.75 Å². The second-order valence-corrected chi connectivity index (χ2v) is 7.80. The number of piperidine rings is 1. The van der Waals surface area contributed by atoms with E-state index in [1.165, 1.54) is 5.56 Å². The third-order valence-corrected chi connectivity index (χ3v) is 5.74. The van der Waals surface area contributed by atoms with Crippen LogP contribution in [-0.2, 0) is 0 Å². The van der Waals surface area contributed by atoms with Crippen LogP contribution in [0.15, 0.2) is 53.5 Å². The first-order valence-corrected chi connectivity index (χ1v) is 9.51. The van der Waals surface area contributed by atoms with Gasteiger partial charge in [0.2, 0.25) is 0 Å². The second kappa shape index (κ2) is 7.03. The maximum atomic E-state index is 10.4. The predicted octanol–water partition coefficient (Wildman–Crippen LogP) is 3.99. The molecule has 0 radical (unpaired) electrons. The van der Waals surface area contributed by atoms with Crippen LogP contribution in [0.5, 0.6) is 5.75 Å². The smallest absolute Gasteiger partial charge is 0.124 e. The van der Waals surface area contributed by atoms with Gasteiger partial charge in [-0.15, -0.1) is 0 Å². The maximum absolute atomic E-state index is 10.4. The standard InChI is InChI=1S/C21H24ClN3O/c1-25-12-10-21(11-13-25)23-18(15-6-8-16(22)9-7-15)14-19(24-21)17-4-2-3-5-20(17)26/h2-9,18,23,26H,10-14H2,1H3/t18-/m1/s1. The molecular formula is C21H24ClN3O. The van der Waals surface area contributed by atoms with Gasteiger partial charge in [-0.1, -0.05) is 35.9 Å². The van der Waals surface area contributed by atoms with Gasteiger partial charge in [0.1, 0.15) is 11.4 Å². The second-order valence-electron chi connectivity index (χ2n) is 7.36. The first kappa shape index (κ1) is 17.5. The van der Waals surface area contributed by atoms with Crippen LogP contribution in [0, 0.1) is 0 Å². The van der Waals surface area contributed by atoms with Gasteiger partial charge in [-0.25, -0.2) is 0 Å². The van der Waals surface area contributed by atoms with Crippen molar-refractivity contribution in [2.45, 2.75) is 31.0 Å². The Kier molecular flexibility index (Phi) is 4.74. The van der Waals surface area contributed by atoms with Gasteiger partial charge < -0.3 is 10.0 Å². The molecule has 1 spiro atoms. The SMILES string of the molecule is CN1CCC2(CC1)N=C(c1ccccc1O)C[C@H](c1ccc(Cl)cc1)N2. The van der Waals surface area contributed by atoms with Gasteiger partial charge in [-0.3, -0.25) is 10.3 Å². The zero-order chi connectivity index (χ0) is 18.1. The van der Waals surface area contributed by atoms with E-state index in [9.17, 15) is 5.11 Å². The Labute approximate surface area is 159 Å². The van der Waals surface area contributed by atoms with Gasteiger partial charge in [0.25, 0.3) is 0 Å². The molecule has 2 aliphatic heterocycles. The van der Waals surface area contributed by atoms with E-state index >= 15 is 0 Å². The van der Waals surface area contributed by atoms with Gasteiger partial charge in [0.15, 0.2) is 0 Å². The molecule has 5 heteroatoms. The Bertz CT molecular complexity index is 810. The minimum absolute atomic E-state index is 0.155. The van der Waals surface area contributed by atoms with Crippen molar-refractivity contribution in [2.24, 2.45) is 4.99 Å². The summed E-state index contributed by atoms with van der Waals surface area (Å²) in [6.45, 7) is 2.02. The number of nitrogens with zero attached hydrogens (tertiary/aromatic N) is 2. The van der Waals surface area contributed by atoms with Crippen LogP contribution in [0.25, 0.3) is 0 Å². The molecule has 0 aromatic heterocycles. The molecule has 2 heterocycles. The summed E-state index contributed by atoms with van der Waals surface area (Å²) in [7, 11) is 2.15. The van der Waals surface area contributed by atoms with E-state index in [2.05, 4.69) is 29.4 Å². The van der Waals surface area contributed by atoms with Crippen LogP contribution in [0.1, 0.15) is 36.4 Å². The molecule has 1 fully saturated rings. The van der Waals surface area contributed by atoms with Gasteiger partial charge in [0.05, 0.1) is 0 Å². The van der Waals surface area contributed by atoms with Crippen molar-refractivity contribution in [3.63, 3.8) is 0 Å². The molecule has 1 atom stereocenters. The van der Waals surface area contributed by atoms with E-state index < -0.39 is 0 Å². The number of rotatable bonds is 2. The molecule has 2 N–H and O–H groups in total. The van der Waals surface area contributed by atoms with E-state index in [0.29, 0.717) is 5.75 Å². The van der Waals surface area contributed by atoms with E-state index in [1.54, 1.807) is 6.07 Å². The molecule has 0 bridgehead atoms. The zero-order valence-electron chi connectivity index (χ0n) is 15.0. The summed E-state index contributed by atoms with van der Waals surface area (Å²) in [6, 6.07) is 15.7. The lowest BCUT2D eigenvalue weighted by molar-refractivity contribution is 0.144. The molecular weight excluding hydrogens is 346 g/mol. The molecule has 26 heavy (non-hydrogen) atoms. The number of phenols is 1. The normalized spacial score (nSPS) is 23.0. The lowest BCUT2D eigenvalue weighted by Gasteiger charge is -2.44. The fourth-order valence-corrected chi connectivity index (χ4v) is 4.06. The Morgan fingerprint density at radius 1 is 1.12 bits per heavy atom. The fourth-order valence-electron chi connectivity index (χ4n) is 3.93. The van der Waals surface area contributed by atoms with Crippen LogP contribution in [-0.4, -0.2) is 41.5 Å². The summed E-state index contributed by atoms with van der Waals surface area (Å²) in [6.07, 6.45) is 2.67. The maximum Gasteiger partial charge on any atom is 0.124 e. The molecule has 0 aliphatic carbocycles. The summed E-state index contributed by atoms with van der Waals surface area (Å²) >= 11 is 6.07. The number of nitrogens with one attached hydrogen (secondary N) is 1. The molecule has 2 aliphatic rings. The third kappa shape index (κ3) is 3.50. The first-order valence-electron chi connectivity index (χ1n) is 9.13. The number of benzene rings is 2. The minimum Gasteiger partial charge on any atom is -0.507 e. The van der Waals surface area contributed by atoms with Crippen LogP contribution < -0.4 is 5.32 Å². The number of aromatic hydroxyl groups is 1. The Balaban J connectivity index is 1.73. The Morgan fingerprint density at radius 3 is 2.50 bits per heavy atom. The highest BCUT2D eigenvalue weighted by Gasteiger charge is 2.39. The monoisotopic (exact) mass is 369 g/mol. The molecule has 4 nitrogen and oxygen atoms in total. The van der Waals surface area contributed by atoms with E-state index in [1.807, 2.05) is 30.3 Å². The van der Waals surface area contributed by atoms with Crippen LogP contribution in [0.4, 0.5) is 0 Å². The van der Waals surface area contributed by atoms with Crippen molar-refractivity contribution >= 4 is 17.3 Å². The van der Waals surface area contributed by atoms with E-state index in [-0.39, 0.29) is 11.7 Å². The van der Waals surface area contributed by atoms with Crippen LogP contribution in [0.3, 0.4) is 0 Å². The molecule has 2 aromatic rings. The molecule has 2 aromatic carbocycles. The number of aliphatic imine (C=N–C) groups is 1. The number of para-hydroxylation sites is 1. The highest BCUT2D eigenvalue weighted by molar-refractivity contribution is 6.30. The Morgan fingerprint density at radius 2 is 1.81 bits per heavy atom. The van der Waals surface area contributed by atoms with Crippen molar-refractivity contribution in [1.29, 1.82) is 0 Å². The molecule has 136 valence electrons. The first-order chi connectivity index (χ1) is 12.5. The van der Waals surface area contributed by atoms with Crippen molar-refractivity contribution in [3.05, 3.63) is 64.7 Å². The lowest BCUT2D eigenvalue weighted by Crippen LogP contribution is -2.55. The van der Waals surface area contributed by atoms with Crippen molar-refractivity contribution in [2.75, 3.05) is 20.1 Å². The third-order valence-electron chi connectivity index (χ3n) is 5.49. The highest BCUT2D eigenvalue weighted by Crippen LogP contribution is 2.36. The van der Waals surface area contributed by atoms with Gasteiger partial charge >= 0.3 is 0 Å². The lowest BCUT2D eigenvalue weighted by atomic mass is 9.88. The zero-order valence-corrected chi connectivity index (χ0v) is 15.7. The summed E-state index contributed by atoms with van der Waals surface area (Å²) in [4.78, 5) is 7.47. The molecule has 0 saturated carbocycles. The predicted molar refractivity (Wildman–Crippen MR) is 106 cm³/mol. The fraction of sp³-hybridized carbons (Fsp3) is 0.381. The summed E-state index contributed by atoms with van der Waals surface area (Å²) in [5.41, 5.74) is 2.75. The largest absolute Gasteiger partial charge is 0.507 e. The molecule has 1 saturated heterocycles. The molecule has 0 unspecified atom stereocenters. The van der Waals surface area contributed by atoms with E-state index in [4.69, 9.17) is 16.6 Å². The average Bonchev–Trinajstić information content (AvgIpc) is 2.65. The molecule has 0 amide bonds. The van der Waals surface area contributed by atoms with Crippen molar-refractivity contribution in [1.82, 2.24) is 10.2 Å². The van der Waals surface area contributed by atoms with Gasteiger partial charge in [0, 0.05) is 41.8 Å². The quantitative estimate of drug-likeness (QED) is 0.841. The Hall–Kier alpha value is -1.88. The van der Waals surface area contributed by atoms with Gasteiger partial charge in [-0.2, -0.15) is 0 Å². The summed E-state index contributed by atoms with van der Waals surface area (Å²) in [5, 5.41) is 14.9. The number of likely N-dealkylation sites (tertiary alicyclic amines) is 1. The topological polar surface area (TPSA) is 47.9 Å². The highest BCUT2D eigenvalue weighted by atomic mass is 35.5. The minimum atomic E-state index is -0.271. The number of hydrogen-bond acceptors (Lipinski definition) is 4. The van der Waals surface area contributed by atoms with Crippen LogP contribution in [0.2, 0.25) is 5.02 Å². The van der Waals surface area contributed by atoms with Crippen molar-refractivity contribution < 1.29 is 5.11 Å². The molecule has 4 rings (SSSR count). The average molecular weight is 370 g/mol. The number of phenolic OH excluding ortho intramolecular Hbond substituents is 1. The summed E-state index contributed by atoms with van der Waals surface area (Å²) in [5.74, 6) is 0.297.